The van der Waals surface area contributed by atoms with E-state index in [1.807, 2.05) is 43.3 Å². The van der Waals surface area contributed by atoms with Gasteiger partial charge in [-0.3, -0.25) is 9.89 Å². The molecule has 3 aromatic carbocycles. The highest BCUT2D eigenvalue weighted by atomic mass is 32.2. The van der Waals surface area contributed by atoms with Gasteiger partial charge in [0.1, 0.15) is 0 Å². The topological polar surface area (TPSA) is 66.0 Å². The van der Waals surface area contributed by atoms with E-state index in [2.05, 4.69) is 10.2 Å². The van der Waals surface area contributed by atoms with Crippen LogP contribution < -0.4 is 0 Å². The van der Waals surface area contributed by atoms with E-state index in [9.17, 15) is 18.0 Å². The Labute approximate surface area is 192 Å². The lowest BCUT2D eigenvalue weighted by Crippen LogP contribution is -2.07. The van der Waals surface area contributed by atoms with Gasteiger partial charge in [0.15, 0.2) is 0 Å². The molecule has 33 heavy (non-hydrogen) atoms. The second kappa shape index (κ2) is 9.31. The summed E-state index contributed by atoms with van der Waals surface area (Å²) in [5.41, 5.74) is 3.41. The highest BCUT2D eigenvalue weighted by molar-refractivity contribution is 7.99. The van der Waals surface area contributed by atoms with Gasteiger partial charge in [0.25, 0.3) is 0 Å². The van der Waals surface area contributed by atoms with Gasteiger partial charge in [-0.25, -0.2) is 0 Å². The molecule has 0 fully saturated rings. The van der Waals surface area contributed by atoms with Crippen LogP contribution >= 0.6 is 11.8 Å². The molecule has 1 unspecified atom stereocenters. The normalized spacial score (nSPS) is 12.7. The van der Waals surface area contributed by atoms with Gasteiger partial charge in [0, 0.05) is 16.7 Å². The number of alkyl halides is 3. The van der Waals surface area contributed by atoms with Gasteiger partial charge < -0.3 is 5.11 Å². The number of carboxylic acids is 1. The van der Waals surface area contributed by atoms with E-state index in [0.717, 1.165) is 38.6 Å². The van der Waals surface area contributed by atoms with Crippen molar-refractivity contribution >= 4 is 28.6 Å². The Morgan fingerprint density at radius 2 is 1.91 bits per heavy atom. The molecule has 4 nitrogen and oxygen atoms in total. The third-order valence-corrected chi connectivity index (χ3v) is 6.78. The predicted octanol–water partition coefficient (Wildman–Crippen LogP) is 6.79. The number of rotatable bonds is 7. The van der Waals surface area contributed by atoms with E-state index in [-0.39, 0.29) is 6.42 Å². The van der Waals surface area contributed by atoms with E-state index in [4.69, 9.17) is 5.11 Å². The zero-order chi connectivity index (χ0) is 23.6. The average Bonchev–Trinajstić information content (AvgIpc) is 3.25. The second-order valence-electron chi connectivity index (χ2n) is 7.78. The van der Waals surface area contributed by atoms with Crippen molar-refractivity contribution in [2.45, 2.75) is 36.1 Å². The van der Waals surface area contributed by atoms with Crippen LogP contribution in [0, 0.1) is 6.92 Å². The van der Waals surface area contributed by atoms with Crippen molar-refractivity contribution in [2.75, 3.05) is 0 Å². The maximum absolute atomic E-state index is 13.4. The Bertz CT molecular complexity index is 1300. The lowest BCUT2D eigenvalue weighted by molar-refractivity contribution is -0.138. The fourth-order valence-corrected chi connectivity index (χ4v) is 5.09. The largest absolute Gasteiger partial charge is 0.481 e. The molecule has 170 valence electrons. The molecule has 8 heteroatoms. The minimum absolute atomic E-state index is 0.0443. The number of benzene rings is 3. The summed E-state index contributed by atoms with van der Waals surface area (Å²) < 4.78 is 40.3. The van der Waals surface area contributed by atoms with Gasteiger partial charge in [-0.05, 0) is 59.9 Å². The first-order valence-corrected chi connectivity index (χ1v) is 11.2. The molecule has 0 amide bonds. The highest BCUT2D eigenvalue weighted by Crippen LogP contribution is 2.44. The van der Waals surface area contributed by atoms with Gasteiger partial charge >= 0.3 is 12.1 Å². The summed E-state index contributed by atoms with van der Waals surface area (Å²) in [6.45, 7) is 1.91. The monoisotopic (exact) mass is 470 g/mol. The molecule has 1 heterocycles. The maximum atomic E-state index is 13.4. The van der Waals surface area contributed by atoms with Gasteiger partial charge in [0.2, 0.25) is 0 Å². The van der Waals surface area contributed by atoms with Crippen LogP contribution in [-0.4, -0.2) is 21.3 Å². The number of thioether (sulfide) groups is 1. The molecule has 0 bridgehead atoms. The van der Waals surface area contributed by atoms with Crippen molar-refractivity contribution < 1.29 is 23.1 Å². The number of carbonyl (C=O) groups is 1. The summed E-state index contributed by atoms with van der Waals surface area (Å²) in [7, 11) is 0. The van der Waals surface area contributed by atoms with E-state index in [1.54, 1.807) is 12.3 Å². The van der Waals surface area contributed by atoms with Crippen LogP contribution in [0.25, 0.3) is 10.9 Å². The highest BCUT2D eigenvalue weighted by Gasteiger charge is 2.31. The number of halogens is 3. The summed E-state index contributed by atoms with van der Waals surface area (Å²) >= 11 is 1.45. The van der Waals surface area contributed by atoms with Crippen LogP contribution in [0.2, 0.25) is 0 Å². The van der Waals surface area contributed by atoms with E-state index in [1.165, 1.54) is 23.9 Å². The minimum Gasteiger partial charge on any atom is -0.481 e. The third kappa shape index (κ3) is 5.22. The van der Waals surface area contributed by atoms with E-state index >= 15 is 0 Å². The van der Waals surface area contributed by atoms with Crippen molar-refractivity contribution in [3.05, 3.63) is 94.7 Å². The molecule has 4 aromatic rings. The zero-order valence-electron chi connectivity index (χ0n) is 17.7. The Kier molecular flexibility index (Phi) is 6.47. The maximum Gasteiger partial charge on any atom is 0.416 e. The summed E-state index contributed by atoms with van der Waals surface area (Å²) in [5, 5.41) is 16.4. The number of aromatic nitrogens is 2. The quantitative estimate of drug-likeness (QED) is 0.292. The number of nitrogens with one attached hydrogen (secondary N) is 1. The first-order chi connectivity index (χ1) is 15.7. The molecule has 0 saturated carbocycles. The molecular formula is C25H21F3N2O2S. The number of H-pyrrole nitrogens is 1. The number of nitrogens with zero attached hydrogens (tertiary/aromatic N) is 1. The fraction of sp³-hybridized carbons (Fsp3) is 0.200. The molecule has 2 N–H and O–H groups in total. The van der Waals surface area contributed by atoms with Crippen LogP contribution in [0.1, 0.15) is 39.5 Å². The van der Waals surface area contributed by atoms with Gasteiger partial charge in [0.05, 0.1) is 22.5 Å². The van der Waals surface area contributed by atoms with Gasteiger partial charge in [-0.15, -0.1) is 11.8 Å². The Morgan fingerprint density at radius 1 is 1.12 bits per heavy atom. The van der Waals surface area contributed by atoms with Crippen molar-refractivity contribution in [1.29, 1.82) is 0 Å². The average molecular weight is 471 g/mol. The smallest absolute Gasteiger partial charge is 0.416 e. The summed E-state index contributed by atoms with van der Waals surface area (Å²) in [5.74, 6) is -0.856. The van der Waals surface area contributed by atoms with E-state index in [0.29, 0.717) is 12.0 Å². The molecule has 0 aliphatic carbocycles. The molecule has 1 aromatic heterocycles. The van der Waals surface area contributed by atoms with Crippen molar-refractivity contribution in [1.82, 2.24) is 10.2 Å². The number of hydrogen-bond acceptors (Lipinski definition) is 3. The molecule has 0 spiro atoms. The van der Waals surface area contributed by atoms with Gasteiger partial charge in [-0.1, -0.05) is 36.4 Å². The second-order valence-corrected chi connectivity index (χ2v) is 8.96. The summed E-state index contributed by atoms with van der Waals surface area (Å²) in [4.78, 5) is 11.8. The van der Waals surface area contributed by atoms with Crippen LogP contribution in [0.3, 0.4) is 0 Å². The molecule has 0 aliphatic heterocycles. The first-order valence-electron chi connectivity index (χ1n) is 10.3. The lowest BCUT2D eigenvalue weighted by Gasteiger charge is -2.20. The Hall–Kier alpha value is -3.26. The molecule has 0 radical (unpaired) electrons. The van der Waals surface area contributed by atoms with Crippen LogP contribution in [0.4, 0.5) is 13.2 Å². The Morgan fingerprint density at radius 3 is 2.64 bits per heavy atom. The molecule has 0 saturated heterocycles. The van der Waals surface area contributed by atoms with Crippen LogP contribution in [0.5, 0.6) is 0 Å². The van der Waals surface area contributed by atoms with E-state index < -0.39 is 23.0 Å². The molecule has 0 aliphatic rings. The molecule has 1 atom stereocenters. The van der Waals surface area contributed by atoms with Crippen LogP contribution in [0.15, 0.2) is 71.8 Å². The third-order valence-electron chi connectivity index (χ3n) is 5.49. The predicted molar refractivity (Wildman–Crippen MR) is 122 cm³/mol. The molecule has 4 rings (SSSR count). The number of aromatic amines is 1. The number of aliphatic carboxylic acids is 1. The molecular weight excluding hydrogens is 449 g/mol. The van der Waals surface area contributed by atoms with Crippen molar-refractivity contribution in [3.8, 4) is 0 Å². The SMILES string of the molecule is Cc1cc(SC(c2cccc(C(F)(F)F)c2)c2cccc3[nH]ncc23)ccc1CCC(=O)O. The van der Waals surface area contributed by atoms with Crippen LogP contribution in [-0.2, 0) is 17.4 Å². The number of aryl methyl sites for hydroxylation is 2. The minimum atomic E-state index is -4.44. The van der Waals surface area contributed by atoms with Crippen molar-refractivity contribution in [2.24, 2.45) is 0 Å². The van der Waals surface area contributed by atoms with Gasteiger partial charge in [-0.2, -0.15) is 18.3 Å². The standard InChI is InChI=1S/C25H21F3N2O2S/c1-15-12-19(10-8-16(15)9-11-23(31)32)33-24(17-4-2-5-18(13-17)25(26,27)28)20-6-3-7-22-21(20)14-29-30-22/h2-8,10,12-14,24H,9,11H2,1H3,(H,29,30)(H,31,32). The summed E-state index contributed by atoms with van der Waals surface area (Å²) in [6.07, 6.45) is -2.28. The number of carboxylic acid groups (broad SMARTS) is 1. The lowest BCUT2D eigenvalue weighted by atomic mass is 9.99. The fourth-order valence-electron chi connectivity index (χ4n) is 3.81. The Balaban J connectivity index is 1.75. The summed E-state index contributed by atoms with van der Waals surface area (Å²) in [6, 6.07) is 16.8. The van der Waals surface area contributed by atoms with Crippen molar-refractivity contribution in [3.63, 3.8) is 0 Å². The number of fused-ring (bicyclic) bond motifs is 1. The number of hydrogen-bond donors (Lipinski definition) is 2. The first kappa shape index (κ1) is 22.9. The zero-order valence-corrected chi connectivity index (χ0v) is 18.5.